The van der Waals surface area contributed by atoms with Crippen molar-refractivity contribution in [2.24, 2.45) is 9.98 Å². The predicted molar refractivity (Wildman–Crippen MR) is 114 cm³/mol. The second-order valence-corrected chi connectivity index (χ2v) is 7.47. The number of carbonyl (C=O) groups excluding carboxylic acids is 1. The number of nitrogens with zero attached hydrogens (tertiary/aromatic N) is 3. The van der Waals surface area contributed by atoms with E-state index in [1.807, 2.05) is 49.4 Å². The van der Waals surface area contributed by atoms with Crippen molar-refractivity contribution in [3.05, 3.63) is 60.2 Å². The molecular formula is C23H26N4O. The van der Waals surface area contributed by atoms with Crippen molar-refractivity contribution in [1.29, 1.82) is 0 Å². The van der Waals surface area contributed by atoms with Crippen LogP contribution in [0.2, 0.25) is 0 Å². The second kappa shape index (κ2) is 8.48. The molecule has 1 amide bonds. The third-order valence-electron chi connectivity index (χ3n) is 5.33. The fraction of sp³-hybridized carbons (Fsp3) is 0.348. The van der Waals surface area contributed by atoms with E-state index in [-0.39, 0.29) is 11.8 Å². The van der Waals surface area contributed by atoms with Gasteiger partial charge in [-0.05, 0) is 50.6 Å². The number of piperidine rings is 1. The average molecular weight is 374 g/mol. The number of para-hydroxylation sites is 2. The summed E-state index contributed by atoms with van der Waals surface area (Å²) in [4.78, 5) is 24.7. The van der Waals surface area contributed by atoms with Crippen molar-refractivity contribution in [2.75, 3.05) is 19.6 Å². The number of amides is 1. The van der Waals surface area contributed by atoms with Crippen molar-refractivity contribution in [1.82, 2.24) is 10.2 Å². The molecule has 0 bridgehead atoms. The Labute approximate surface area is 166 Å². The summed E-state index contributed by atoms with van der Waals surface area (Å²) in [6.45, 7) is 4.40. The summed E-state index contributed by atoms with van der Waals surface area (Å²) >= 11 is 0. The summed E-state index contributed by atoms with van der Waals surface area (Å²) in [5, 5.41) is 3.11. The van der Waals surface area contributed by atoms with Gasteiger partial charge in [-0.25, -0.2) is 4.99 Å². The molecule has 0 saturated carbocycles. The van der Waals surface area contributed by atoms with Crippen molar-refractivity contribution in [3.63, 3.8) is 0 Å². The molecule has 2 aromatic rings. The molecule has 0 radical (unpaired) electrons. The number of fused-ring (bicyclic) bond motifs is 1. The van der Waals surface area contributed by atoms with E-state index in [1.54, 1.807) is 0 Å². The number of aliphatic imine (C=N–C) groups is 2. The predicted octanol–water partition coefficient (Wildman–Crippen LogP) is 4.21. The Morgan fingerprint density at radius 3 is 2.32 bits per heavy atom. The molecule has 28 heavy (non-hydrogen) atoms. The summed E-state index contributed by atoms with van der Waals surface area (Å²) in [5.41, 5.74) is 3.62. The van der Waals surface area contributed by atoms with Gasteiger partial charge in [-0.2, -0.15) is 0 Å². The van der Waals surface area contributed by atoms with Crippen LogP contribution in [0.15, 0.2) is 64.6 Å². The molecular weight excluding hydrogens is 348 g/mol. The molecule has 2 heterocycles. The van der Waals surface area contributed by atoms with Gasteiger partial charge in [0.15, 0.2) is 0 Å². The largest absolute Gasteiger partial charge is 0.312 e. The second-order valence-electron chi connectivity index (χ2n) is 7.47. The van der Waals surface area contributed by atoms with E-state index in [0.717, 1.165) is 35.7 Å². The number of carbonyl (C=O) groups is 1. The van der Waals surface area contributed by atoms with Gasteiger partial charge < -0.3 is 5.32 Å². The summed E-state index contributed by atoms with van der Waals surface area (Å²) in [6, 6.07) is 17.9. The van der Waals surface area contributed by atoms with Gasteiger partial charge in [0.1, 0.15) is 5.84 Å². The van der Waals surface area contributed by atoms with Crippen LogP contribution < -0.4 is 5.32 Å². The number of hydrogen-bond acceptors (Lipinski definition) is 4. The molecule has 0 unspecified atom stereocenters. The summed E-state index contributed by atoms with van der Waals surface area (Å²) in [6.07, 6.45) is 3.59. The van der Waals surface area contributed by atoms with Crippen LogP contribution >= 0.6 is 0 Å². The summed E-state index contributed by atoms with van der Waals surface area (Å²) < 4.78 is 0. The van der Waals surface area contributed by atoms with Crippen LogP contribution in [-0.2, 0) is 4.79 Å². The maximum Gasteiger partial charge on any atom is 0.239 e. The maximum atomic E-state index is 12.8. The topological polar surface area (TPSA) is 57.1 Å². The molecule has 0 spiro atoms. The Balaban J connectivity index is 1.65. The smallest absolute Gasteiger partial charge is 0.239 e. The Morgan fingerprint density at radius 2 is 1.61 bits per heavy atom. The van der Waals surface area contributed by atoms with E-state index in [4.69, 9.17) is 9.98 Å². The minimum Gasteiger partial charge on any atom is -0.312 e. The van der Waals surface area contributed by atoms with Crippen LogP contribution in [0.5, 0.6) is 0 Å². The average Bonchev–Trinajstić information content (AvgIpc) is 2.84. The van der Waals surface area contributed by atoms with E-state index in [2.05, 4.69) is 22.3 Å². The molecule has 1 atom stereocenters. The first-order valence-electron chi connectivity index (χ1n) is 10.0. The maximum absolute atomic E-state index is 12.8. The minimum absolute atomic E-state index is 0.00578. The van der Waals surface area contributed by atoms with Gasteiger partial charge in [-0.3, -0.25) is 14.7 Å². The first kappa shape index (κ1) is 18.6. The Kier molecular flexibility index (Phi) is 5.63. The SMILES string of the molecule is CC1=Nc2ccccc2N=C(NC(=O)CN2CCCCC2)[C@@H]1c1ccccc1. The highest BCUT2D eigenvalue weighted by molar-refractivity contribution is 6.17. The van der Waals surface area contributed by atoms with E-state index in [1.165, 1.54) is 19.3 Å². The highest BCUT2D eigenvalue weighted by Crippen LogP contribution is 2.34. The van der Waals surface area contributed by atoms with Gasteiger partial charge >= 0.3 is 0 Å². The molecule has 0 aromatic heterocycles. The summed E-state index contributed by atoms with van der Waals surface area (Å²) in [5.74, 6) is 0.479. The van der Waals surface area contributed by atoms with Crippen LogP contribution in [0.25, 0.3) is 0 Å². The van der Waals surface area contributed by atoms with Gasteiger partial charge in [0, 0.05) is 5.71 Å². The van der Waals surface area contributed by atoms with Gasteiger partial charge in [-0.15, -0.1) is 0 Å². The number of amidine groups is 1. The molecule has 1 fully saturated rings. The highest BCUT2D eigenvalue weighted by Gasteiger charge is 2.27. The van der Waals surface area contributed by atoms with E-state index < -0.39 is 0 Å². The third-order valence-corrected chi connectivity index (χ3v) is 5.33. The van der Waals surface area contributed by atoms with Crippen molar-refractivity contribution in [2.45, 2.75) is 32.1 Å². The first-order valence-corrected chi connectivity index (χ1v) is 10.0. The molecule has 5 heteroatoms. The quantitative estimate of drug-likeness (QED) is 0.875. The Bertz CT molecular complexity index is 898. The number of benzene rings is 2. The Hall–Kier alpha value is -2.79. The standard InChI is InChI=1S/C23H26N4O/c1-17-22(18-10-4-2-5-11-18)23(25-20-13-7-6-12-19(20)24-17)26-21(28)16-27-14-8-3-9-15-27/h2,4-7,10-13,22H,3,8-9,14-16H2,1H3,(H,25,26,28)/t22-/m0/s1. The van der Waals surface area contributed by atoms with Gasteiger partial charge in [0.25, 0.3) is 0 Å². The molecule has 144 valence electrons. The lowest BCUT2D eigenvalue weighted by Crippen LogP contribution is -2.44. The number of hydrogen-bond donors (Lipinski definition) is 1. The number of likely N-dealkylation sites (tertiary alicyclic amines) is 1. The molecule has 0 aliphatic carbocycles. The van der Waals surface area contributed by atoms with Crippen molar-refractivity contribution >= 4 is 28.8 Å². The number of rotatable bonds is 3. The zero-order valence-corrected chi connectivity index (χ0v) is 16.3. The minimum atomic E-state index is -0.168. The third kappa shape index (κ3) is 4.20. The van der Waals surface area contributed by atoms with Crippen LogP contribution in [-0.4, -0.2) is 42.0 Å². The number of nitrogens with one attached hydrogen (secondary N) is 1. The van der Waals surface area contributed by atoms with E-state index >= 15 is 0 Å². The van der Waals surface area contributed by atoms with Crippen LogP contribution in [0.3, 0.4) is 0 Å². The first-order chi connectivity index (χ1) is 13.7. The van der Waals surface area contributed by atoms with Crippen molar-refractivity contribution in [3.8, 4) is 0 Å². The zero-order chi connectivity index (χ0) is 19.3. The van der Waals surface area contributed by atoms with Gasteiger partial charge in [-0.1, -0.05) is 48.9 Å². The van der Waals surface area contributed by atoms with Crippen LogP contribution in [0.1, 0.15) is 37.7 Å². The lowest BCUT2D eigenvalue weighted by molar-refractivity contribution is -0.121. The molecule has 2 aliphatic heterocycles. The lowest BCUT2D eigenvalue weighted by Gasteiger charge is -2.26. The van der Waals surface area contributed by atoms with E-state index in [0.29, 0.717) is 12.4 Å². The van der Waals surface area contributed by atoms with Gasteiger partial charge in [0.2, 0.25) is 5.91 Å². The molecule has 1 saturated heterocycles. The van der Waals surface area contributed by atoms with Crippen LogP contribution in [0.4, 0.5) is 11.4 Å². The van der Waals surface area contributed by atoms with Gasteiger partial charge in [0.05, 0.1) is 23.8 Å². The Morgan fingerprint density at radius 1 is 0.964 bits per heavy atom. The van der Waals surface area contributed by atoms with Crippen LogP contribution in [0, 0.1) is 0 Å². The molecule has 2 aromatic carbocycles. The normalized spacial score (nSPS) is 19.8. The fourth-order valence-corrected chi connectivity index (χ4v) is 3.95. The van der Waals surface area contributed by atoms with Crippen molar-refractivity contribution < 1.29 is 4.79 Å². The lowest BCUT2D eigenvalue weighted by atomic mass is 9.93. The monoisotopic (exact) mass is 374 g/mol. The molecule has 4 rings (SSSR count). The molecule has 5 nitrogen and oxygen atoms in total. The zero-order valence-electron chi connectivity index (χ0n) is 16.3. The molecule has 1 N–H and O–H groups in total. The fourth-order valence-electron chi connectivity index (χ4n) is 3.95. The summed E-state index contributed by atoms with van der Waals surface area (Å²) in [7, 11) is 0. The highest BCUT2D eigenvalue weighted by atomic mass is 16.2. The molecule has 2 aliphatic rings. The van der Waals surface area contributed by atoms with E-state index in [9.17, 15) is 4.79 Å².